The highest BCUT2D eigenvalue weighted by Gasteiger charge is 2.41. The zero-order valence-corrected chi connectivity index (χ0v) is 31.3. The van der Waals surface area contributed by atoms with Crippen LogP contribution in [0.2, 0.25) is 0 Å². The Bertz CT molecular complexity index is 1970. The smallest absolute Gasteiger partial charge is 0.245 e. The van der Waals surface area contributed by atoms with Crippen LogP contribution in [0.3, 0.4) is 0 Å². The Labute approximate surface area is 324 Å². The van der Waals surface area contributed by atoms with E-state index in [2.05, 4.69) is 36.2 Å². The van der Waals surface area contributed by atoms with Gasteiger partial charge in [0.25, 0.3) is 0 Å². The molecule has 1 saturated heterocycles. The van der Waals surface area contributed by atoms with E-state index >= 15 is 0 Å². The molecule has 1 aliphatic heterocycles. The number of hydrogen-bond acceptors (Lipinski definition) is 9. The van der Waals surface area contributed by atoms with Crippen molar-refractivity contribution < 1.29 is 28.8 Å². The minimum Gasteiger partial charge on any atom is -0.368 e. The first-order chi connectivity index (χ1) is 26.9. The molecule has 1 fully saturated rings. The maximum atomic E-state index is 13.8. The normalized spacial score (nSPS) is 16.7. The van der Waals surface area contributed by atoms with Crippen molar-refractivity contribution in [2.45, 2.75) is 88.1 Å². The molecular weight excluding hydrogens is 718 g/mol. The topological polar surface area (TPSA) is 276 Å². The predicted octanol–water partition coefficient (Wildman–Crippen LogP) is -0.579. The molecule has 6 amide bonds. The summed E-state index contributed by atoms with van der Waals surface area (Å²) < 4.78 is 0. The number of imidazole rings is 1. The Morgan fingerprint density at radius 3 is 2.32 bits per heavy atom. The number of benzene rings is 2. The molecule has 0 bridgehead atoms. The lowest BCUT2D eigenvalue weighted by atomic mass is 10.0. The first-order valence-corrected chi connectivity index (χ1v) is 18.8. The average Bonchev–Trinajstić information content (AvgIpc) is 3.94. The van der Waals surface area contributed by atoms with Gasteiger partial charge in [0.05, 0.1) is 12.4 Å². The number of hydrogen-bond donors (Lipinski definition) is 9. The zero-order valence-electron chi connectivity index (χ0n) is 31.3. The number of para-hydroxylation sites is 1. The number of nitrogens with zero attached hydrogens (tertiary/aromatic N) is 2. The van der Waals surface area contributed by atoms with E-state index in [1.54, 1.807) is 12.4 Å². The Morgan fingerprint density at radius 2 is 1.61 bits per heavy atom. The van der Waals surface area contributed by atoms with Crippen LogP contribution in [0.5, 0.6) is 0 Å². The minimum absolute atomic E-state index is 0.0945. The third-order valence-electron chi connectivity index (χ3n) is 9.93. The van der Waals surface area contributed by atoms with Crippen LogP contribution in [0.25, 0.3) is 10.9 Å². The number of nitrogens with one attached hydrogen (secondary N) is 6. The van der Waals surface area contributed by atoms with Gasteiger partial charge in [-0.3, -0.25) is 28.8 Å². The molecule has 298 valence electrons. The van der Waals surface area contributed by atoms with Gasteiger partial charge < -0.3 is 53.3 Å². The van der Waals surface area contributed by atoms with E-state index in [1.807, 2.05) is 54.6 Å². The molecule has 2 aromatic heterocycles. The second kappa shape index (κ2) is 19.5. The van der Waals surface area contributed by atoms with Gasteiger partial charge in [-0.05, 0) is 56.3 Å². The van der Waals surface area contributed by atoms with E-state index in [0.29, 0.717) is 31.5 Å². The number of fused-ring (bicyclic) bond motifs is 1. The lowest BCUT2D eigenvalue weighted by molar-refractivity contribution is -0.140. The summed E-state index contributed by atoms with van der Waals surface area (Å²) in [6.07, 6.45) is 6.94. The van der Waals surface area contributed by atoms with Crippen LogP contribution in [-0.4, -0.2) is 105 Å². The van der Waals surface area contributed by atoms with Crippen molar-refractivity contribution in [1.82, 2.24) is 41.1 Å². The van der Waals surface area contributed by atoms with Crippen LogP contribution in [0.15, 0.2) is 73.3 Å². The fourth-order valence-electron chi connectivity index (χ4n) is 6.78. The van der Waals surface area contributed by atoms with Crippen molar-refractivity contribution in [2.24, 2.45) is 17.2 Å². The summed E-state index contributed by atoms with van der Waals surface area (Å²) >= 11 is 0. The molecule has 6 unspecified atom stereocenters. The fourth-order valence-corrected chi connectivity index (χ4v) is 6.78. The van der Waals surface area contributed by atoms with E-state index in [0.717, 1.165) is 22.0 Å². The number of carbonyl (C=O) groups is 6. The highest BCUT2D eigenvalue weighted by atomic mass is 16.2. The summed E-state index contributed by atoms with van der Waals surface area (Å²) in [5.41, 5.74) is 20.4. The van der Waals surface area contributed by atoms with Gasteiger partial charge in [-0.25, -0.2) is 4.98 Å². The number of amides is 6. The highest BCUT2D eigenvalue weighted by molar-refractivity contribution is 5.97. The number of unbranched alkanes of at least 4 members (excludes halogenated alkanes) is 1. The largest absolute Gasteiger partial charge is 0.368 e. The van der Waals surface area contributed by atoms with Crippen molar-refractivity contribution in [2.75, 3.05) is 13.1 Å². The van der Waals surface area contributed by atoms with Crippen molar-refractivity contribution in [1.29, 1.82) is 0 Å². The number of rotatable bonds is 20. The van der Waals surface area contributed by atoms with Crippen molar-refractivity contribution in [3.8, 4) is 0 Å². The molecule has 12 N–H and O–H groups in total. The van der Waals surface area contributed by atoms with Crippen LogP contribution >= 0.6 is 0 Å². The number of primary amides is 1. The molecule has 17 heteroatoms. The van der Waals surface area contributed by atoms with Crippen LogP contribution in [-0.2, 0) is 48.0 Å². The van der Waals surface area contributed by atoms with Gasteiger partial charge in [0.2, 0.25) is 35.4 Å². The molecule has 0 spiro atoms. The highest BCUT2D eigenvalue weighted by Crippen LogP contribution is 2.21. The van der Waals surface area contributed by atoms with Crippen molar-refractivity contribution >= 4 is 46.3 Å². The third-order valence-corrected chi connectivity index (χ3v) is 9.93. The van der Waals surface area contributed by atoms with Crippen LogP contribution in [0.1, 0.15) is 49.4 Å². The molecule has 6 atom stereocenters. The van der Waals surface area contributed by atoms with Gasteiger partial charge >= 0.3 is 0 Å². The zero-order chi connectivity index (χ0) is 40.2. The standard InChI is InChI=1S/C39H51N11O6/c1-23(46-37(54)32(18-25-20-44-29-12-6-5-11-27(25)29)49-36(53)28(41)19-26-21-43-22-45-26)35(52)48-31-14-16-50(39(31)56)33(17-24-9-3-2-4-10-24)38(55)47-30(34(42)51)13-7-8-15-40/h2-6,9-12,20-23,28,30-33,44H,7-8,13-19,40-41H2,1H3,(H2,42,51)(H,43,45)(H,46,54)(H,47,55)(H,48,52)(H,49,53). The number of aromatic nitrogens is 3. The SMILES string of the molecule is CC(NC(=O)C(Cc1c[nH]c2ccccc12)NC(=O)C(N)Cc1cnc[nH]1)C(=O)NC1CCN(C(Cc2ccccc2)C(=O)NC(CCCCN)C(N)=O)C1=O. The molecule has 17 nitrogen and oxygen atoms in total. The number of likely N-dealkylation sites (tertiary alicyclic amines) is 1. The van der Waals surface area contributed by atoms with E-state index in [1.165, 1.54) is 18.2 Å². The van der Waals surface area contributed by atoms with Gasteiger partial charge in [0, 0.05) is 54.8 Å². The molecule has 56 heavy (non-hydrogen) atoms. The Balaban J connectivity index is 1.25. The average molecular weight is 770 g/mol. The summed E-state index contributed by atoms with van der Waals surface area (Å²) in [4.78, 5) is 91.7. The summed E-state index contributed by atoms with van der Waals surface area (Å²) in [7, 11) is 0. The van der Waals surface area contributed by atoms with Crippen molar-refractivity contribution in [3.05, 3.63) is 90.1 Å². The first kappa shape index (κ1) is 41.1. The molecule has 1 aliphatic rings. The van der Waals surface area contributed by atoms with Gasteiger partial charge in [-0.1, -0.05) is 48.5 Å². The van der Waals surface area contributed by atoms with Crippen LogP contribution < -0.4 is 38.5 Å². The molecular formula is C39H51N11O6. The second-order valence-electron chi connectivity index (χ2n) is 14.1. The number of aromatic amines is 2. The summed E-state index contributed by atoms with van der Waals surface area (Å²) in [6, 6.07) is 10.5. The van der Waals surface area contributed by atoms with Gasteiger partial charge in [0.15, 0.2) is 0 Å². The monoisotopic (exact) mass is 769 g/mol. The summed E-state index contributed by atoms with van der Waals surface area (Å²) in [6.45, 7) is 2.05. The van der Waals surface area contributed by atoms with Gasteiger partial charge in [0.1, 0.15) is 30.2 Å². The molecule has 3 heterocycles. The van der Waals surface area contributed by atoms with E-state index < -0.39 is 71.7 Å². The summed E-state index contributed by atoms with van der Waals surface area (Å²) in [5.74, 6) is -3.55. The summed E-state index contributed by atoms with van der Waals surface area (Å²) in [5, 5.41) is 11.8. The Kier molecular flexibility index (Phi) is 14.3. The van der Waals surface area contributed by atoms with Gasteiger partial charge in [-0.2, -0.15) is 0 Å². The molecule has 0 radical (unpaired) electrons. The number of nitrogens with two attached hydrogens (primary N) is 3. The Hall–Kier alpha value is -6.07. The molecule has 2 aromatic carbocycles. The Morgan fingerprint density at radius 1 is 0.875 bits per heavy atom. The lowest BCUT2D eigenvalue weighted by Crippen LogP contribution is -2.57. The van der Waals surface area contributed by atoms with E-state index in [9.17, 15) is 28.8 Å². The van der Waals surface area contributed by atoms with E-state index in [4.69, 9.17) is 17.2 Å². The number of carbonyl (C=O) groups excluding carboxylic acids is 6. The lowest BCUT2D eigenvalue weighted by Gasteiger charge is -2.29. The van der Waals surface area contributed by atoms with Crippen LogP contribution in [0, 0.1) is 0 Å². The minimum atomic E-state index is -1.11. The quantitative estimate of drug-likeness (QED) is 0.0520. The van der Waals surface area contributed by atoms with Crippen molar-refractivity contribution in [3.63, 3.8) is 0 Å². The molecule has 5 rings (SSSR count). The third kappa shape index (κ3) is 10.8. The van der Waals surface area contributed by atoms with E-state index in [-0.39, 0.29) is 32.2 Å². The molecule has 0 saturated carbocycles. The maximum absolute atomic E-state index is 13.8. The number of H-pyrrole nitrogens is 2. The predicted molar refractivity (Wildman–Crippen MR) is 208 cm³/mol. The van der Waals surface area contributed by atoms with Gasteiger partial charge in [-0.15, -0.1) is 0 Å². The first-order valence-electron chi connectivity index (χ1n) is 18.8. The maximum Gasteiger partial charge on any atom is 0.245 e. The molecule has 0 aliphatic carbocycles. The second-order valence-corrected chi connectivity index (χ2v) is 14.1. The fraction of sp³-hybridized carbons (Fsp3) is 0.410. The van der Waals surface area contributed by atoms with Crippen LogP contribution in [0.4, 0.5) is 0 Å². The molecule has 4 aromatic rings.